The number of hydrogen-bond acceptors (Lipinski definition) is 3. The fraction of sp³-hybridized carbons (Fsp3) is 0.381. The summed E-state index contributed by atoms with van der Waals surface area (Å²) in [7, 11) is 0. The van der Waals surface area contributed by atoms with E-state index in [9.17, 15) is 0 Å². The summed E-state index contributed by atoms with van der Waals surface area (Å²) in [6, 6.07) is 16.4. The molecule has 3 rings (SSSR count). The third kappa shape index (κ3) is 4.59. The lowest BCUT2D eigenvalue weighted by Gasteiger charge is -2.37. The van der Waals surface area contributed by atoms with Crippen LogP contribution in [-0.4, -0.2) is 35.2 Å². The Hall–Kier alpha value is -1.91. The van der Waals surface area contributed by atoms with Crippen LogP contribution in [0.25, 0.3) is 0 Å². The Morgan fingerprint density at radius 2 is 1.72 bits per heavy atom. The largest absolute Gasteiger partial charge is 0.488 e. The lowest BCUT2D eigenvalue weighted by Crippen LogP contribution is -2.47. The van der Waals surface area contributed by atoms with Gasteiger partial charge in [-0.05, 0) is 38.5 Å². The van der Waals surface area contributed by atoms with Crippen LogP contribution < -0.4 is 4.74 Å². The van der Waals surface area contributed by atoms with Crippen LogP contribution in [-0.2, 0) is 11.3 Å². The van der Waals surface area contributed by atoms with Crippen LogP contribution in [0.1, 0.15) is 30.5 Å². The van der Waals surface area contributed by atoms with Crippen molar-refractivity contribution in [2.45, 2.75) is 39.6 Å². The van der Waals surface area contributed by atoms with Gasteiger partial charge in [-0.1, -0.05) is 54.2 Å². The van der Waals surface area contributed by atoms with Crippen LogP contribution in [0.3, 0.4) is 0 Å². The van der Waals surface area contributed by atoms with Gasteiger partial charge in [-0.15, -0.1) is 0 Å². The smallest absolute Gasteiger partial charge is 0.130 e. The molecule has 0 aliphatic carbocycles. The molecule has 4 heteroatoms. The van der Waals surface area contributed by atoms with E-state index in [1.807, 2.05) is 24.3 Å². The van der Waals surface area contributed by atoms with Crippen LogP contribution in [0.5, 0.6) is 5.75 Å². The molecule has 3 nitrogen and oxygen atoms in total. The second-order valence-electron chi connectivity index (χ2n) is 6.74. The third-order valence-corrected chi connectivity index (χ3v) is 4.82. The number of nitrogens with zero attached hydrogens (tertiary/aromatic N) is 1. The van der Waals surface area contributed by atoms with E-state index in [1.54, 1.807) is 0 Å². The Morgan fingerprint density at radius 3 is 2.40 bits per heavy atom. The van der Waals surface area contributed by atoms with Crippen LogP contribution in [0.15, 0.2) is 48.5 Å². The fourth-order valence-corrected chi connectivity index (χ4v) is 3.45. The molecule has 1 aliphatic heterocycles. The molecule has 0 N–H and O–H groups in total. The molecule has 1 fully saturated rings. The minimum Gasteiger partial charge on any atom is -0.488 e. The Labute approximate surface area is 155 Å². The number of hydrogen-bond donors (Lipinski definition) is 0. The number of para-hydroxylation sites is 1. The van der Waals surface area contributed by atoms with Gasteiger partial charge in [-0.25, -0.2) is 0 Å². The van der Waals surface area contributed by atoms with Crippen LogP contribution in [0.2, 0.25) is 0 Å². The van der Waals surface area contributed by atoms with Crippen molar-refractivity contribution in [1.29, 1.82) is 0 Å². The van der Waals surface area contributed by atoms with E-state index < -0.39 is 0 Å². The Morgan fingerprint density at radius 1 is 1.08 bits per heavy atom. The van der Waals surface area contributed by atoms with Crippen molar-refractivity contribution in [1.82, 2.24) is 4.90 Å². The van der Waals surface area contributed by atoms with Crippen LogP contribution in [0, 0.1) is 6.92 Å². The van der Waals surface area contributed by atoms with E-state index in [2.05, 4.69) is 49.9 Å². The molecule has 0 aromatic heterocycles. The maximum Gasteiger partial charge on any atom is 0.130 e. The molecule has 0 saturated carbocycles. The molecule has 2 atom stereocenters. The Bertz CT molecular complexity index is 719. The highest BCUT2D eigenvalue weighted by Gasteiger charge is 2.25. The van der Waals surface area contributed by atoms with Crippen molar-refractivity contribution >= 4 is 17.2 Å². The molecule has 0 radical (unpaired) electrons. The minimum atomic E-state index is 0.183. The van der Waals surface area contributed by atoms with E-state index in [0.717, 1.165) is 35.0 Å². The van der Waals surface area contributed by atoms with Gasteiger partial charge in [-0.2, -0.15) is 0 Å². The fourth-order valence-electron chi connectivity index (χ4n) is 3.13. The first-order chi connectivity index (χ1) is 12.0. The molecular formula is C21H25NO2S. The van der Waals surface area contributed by atoms with Gasteiger partial charge in [0.1, 0.15) is 17.3 Å². The summed E-state index contributed by atoms with van der Waals surface area (Å²) >= 11 is 5.77. The molecule has 1 aliphatic rings. The van der Waals surface area contributed by atoms with E-state index in [0.29, 0.717) is 6.61 Å². The second kappa shape index (κ2) is 7.98. The number of morpholine rings is 1. The van der Waals surface area contributed by atoms with E-state index >= 15 is 0 Å². The highest BCUT2D eigenvalue weighted by atomic mass is 32.1. The third-order valence-electron chi connectivity index (χ3n) is 4.34. The normalized spacial score (nSPS) is 20.4. The zero-order valence-electron chi connectivity index (χ0n) is 15.1. The van der Waals surface area contributed by atoms with E-state index in [4.69, 9.17) is 21.7 Å². The van der Waals surface area contributed by atoms with Gasteiger partial charge < -0.3 is 14.4 Å². The molecule has 0 bridgehead atoms. The first-order valence-corrected chi connectivity index (χ1v) is 9.16. The molecule has 0 spiro atoms. The molecule has 25 heavy (non-hydrogen) atoms. The van der Waals surface area contributed by atoms with Crippen molar-refractivity contribution in [3.8, 4) is 5.75 Å². The molecule has 1 saturated heterocycles. The van der Waals surface area contributed by atoms with Crippen molar-refractivity contribution in [2.24, 2.45) is 0 Å². The molecule has 2 aromatic rings. The Balaban J connectivity index is 1.73. The standard InChI is InChI=1S/C21H25NO2S/c1-15-8-10-18(11-9-15)14-23-20-7-5-4-6-19(20)21(25)22-12-16(2)24-17(3)13-22/h4-11,16-17H,12-14H2,1-3H3. The summed E-state index contributed by atoms with van der Waals surface area (Å²) in [5.74, 6) is 0.833. The summed E-state index contributed by atoms with van der Waals surface area (Å²) in [5, 5.41) is 0. The maximum atomic E-state index is 6.08. The van der Waals surface area contributed by atoms with Crippen molar-refractivity contribution in [3.63, 3.8) is 0 Å². The predicted molar refractivity (Wildman–Crippen MR) is 105 cm³/mol. The molecule has 2 unspecified atom stereocenters. The quantitative estimate of drug-likeness (QED) is 0.760. The second-order valence-corrected chi connectivity index (χ2v) is 7.12. The predicted octanol–water partition coefficient (Wildman–Crippen LogP) is 4.36. The molecular weight excluding hydrogens is 330 g/mol. The lowest BCUT2D eigenvalue weighted by molar-refractivity contribution is -0.0472. The van der Waals surface area contributed by atoms with Gasteiger partial charge >= 0.3 is 0 Å². The number of ether oxygens (including phenoxy) is 2. The SMILES string of the molecule is Cc1ccc(COc2ccccc2C(=S)N2CC(C)OC(C)C2)cc1. The number of benzene rings is 2. The van der Waals surface area contributed by atoms with Crippen LogP contribution in [0.4, 0.5) is 0 Å². The van der Waals surface area contributed by atoms with E-state index in [-0.39, 0.29) is 12.2 Å². The zero-order valence-corrected chi connectivity index (χ0v) is 15.9. The first kappa shape index (κ1) is 17.9. The lowest BCUT2D eigenvalue weighted by atomic mass is 10.1. The molecule has 1 heterocycles. The highest BCUT2D eigenvalue weighted by molar-refractivity contribution is 7.80. The average Bonchev–Trinajstić information content (AvgIpc) is 2.60. The van der Waals surface area contributed by atoms with Gasteiger partial charge in [0.15, 0.2) is 0 Å². The summed E-state index contributed by atoms with van der Waals surface area (Å²) in [6.45, 7) is 8.43. The van der Waals surface area contributed by atoms with Crippen LogP contribution >= 0.6 is 12.2 Å². The number of thiocarbonyl (C=S) groups is 1. The molecule has 132 valence electrons. The Kier molecular flexibility index (Phi) is 5.71. The zero-order chi connectivity index (χ0) is 17.8. The monoisotopic (exact) mass is 355 g/mol. The average molecular weight is 356 g/mol. The van der Waals surface area contributed by atoms with Crippen molar-refractivity contribution in [2.75, 3.05) is 13.1 Å². The van der Waals surface area contributed by atoms with E-state index in [1.165, 1.54) is 5.56 Å². The summed E-state index contributed by atoms with van der Waals surface area (Å²) in [4.78, 5) is 3.06. The van der Waals surface area contributed by atoms with Crippen molar-refractivity contribution < 1.29 is 9.47 Å². The number of aryl methyl sites for hydroxylation is 1. The molecule has 2 aromatic carbocycles. The van der Waals surface area contributed by atoms with Gasteiger partial charge in [0, 0.05) is 13.1 Å². The maximum absolute atomic E-state index is 6.08. The summed E-state index contributed by atoms with van der Waals surface area (Å²) < 4.78 is 11.9. The summed E-state index contributed by atoms with van der Waals surface area (Å²) in [6.07, 6.45) is 0.365. The minimum absolute atomic E-state index is 0.183. The molecule has 0 amide bonds. The summed E-state index contributed by atoms with van der Waals surface area (Å²) in [5.41, 5.74) is 3.38. The van der Waals surface area contributed by atoms with Crippen molar-refractivity contribution in [3.05, 3.63) is 65.2 Å². The highest BCUT2D eigenvalue weighted by Crippen LogP contribution is 2.24. The van der Waals surface area contributed by atoms with Gasteiger partial charge in [0.05, 0.1) is 17.8 Å². The number of rotatable bonds is 4. The first-order valence-electron chi connectivity index (χ1n) is 8.75. The van der Waals surface area contributed by atoms with Gasteiger partial charge in [-0.3, -0.25) is 0 Å². The topological polar surface area (TPSA) is 21.7 Å². The van der Waals surface area contributed by atoms with Gasteiger partial charge in [0.2, 0.25) is 0 Å². The van der Waals surface area contributed by atoms with Gasteiger partial charge in [0.25, 0.3) is 0 Å².